The molecule has 35 heavy (non-hydrogen) atoms. The predicted octanol–water partition coefficient (Wildman–Crippen LogP) is 4.42. The third kappa shape index (κ3) is 7.42. The Labute approximate surface area is 207 Å². The highest BCUT2D eigenvalue weighted by Crippen LogP contribution is 2.24. The van der Waals surface area contributed by atoms with Crippen LogP contribution >= 0.6 is 0 Å². The van der Waals surface area contributed by atoms with Gasteiger partial charge in [-0.1, -0.05) is 54.6 Å². The molecule has 0 saturated carbocycles. The van der Waals surface area contributed by atoms with Gasteiger partial charge in [0.2, 0.25) is 15.9 Å². The molecule has 3 rings (SSSR count). The van der Waals surface area contributed by atoms with Gasteiger partial charge in [0.15, 0.2) is 0 Å². The van der Waals surface area contributed by atoms with Crippen molar-refractivity contribution >= 4 is 33.2 Å². The molecule has 8 heteroatoms. The summed E-state index contributed by atoms with van der Waals surface area (Å²) in [5.74, 6) is -0.578. The second-order valence-corrected chi connectivity index (χ2v) is 10.4. The van der Waals surface area contributed by atoms with E-state index in [4.69, 9.17) is 0 Å². The molecule has 0 bridgehead atoms. The van der Waals surface area contributed by atoms with E-state index in [1.807, 2.05) is 62.4 Å². The number of hydrogen-bond donors (Lipinski definition) is 2. The summed E-state index contributed by atoms with van der Waals surface area (Å²) in [7, 11) is -3.51. The van der Waals surface area contributed by atoms with Gasteiger partial charge < -0.3 is 10.6 Å². The molecule has 0 spiro atoms. The van der Waals surface area contributed by atoms with Crippen LogP contribution in [0.4, 0.5) is 11.4 Å². The SMILES string of the molecule is Cc1ccc(C)c(N(CCCC(=O)Nc2ccccc2C(=O)NCc2ccccc2)S(C)(=O)=O)c1. The number of amides is 2. The Morgan fingerprint density at radius 2 is 1.60 bits per heavy atom. The first-order chi connectivity index (χ1) is 16.6. The number of benzene rings is 3. The van der Waals surface area contributed by atoms with E-state index in [1.54, 1.807) is 24.3 Å². The minimum Gasteiger partial charge on any atom is -0.348 e. The number of hydrogen-bond acceptors (Lipinski definition) is 4. The van der Waals surface area contributed by atoms with Crippen molar-refractivity contribution in [3.05, 3.63) is 95.1 Å². The fourth-order valence-electron chi connectivity index (χ4n) is 3.71. The van der Waals surface area contributed by atoms with Crippen molar-refractivity contribution in [2.45, 2.75) is 33.2 Å². The van der Waals surface area contributed by atoms with Crippen LogP contribution in [0.1, 0.15) is 39.9 Å². The molecule has 0 fully saturated rings. The molecule has 0 radical (unpaired) electrons. The molecule has 0 atom stereocenters. The van der Waals surface area contributed by atoms with Gasteiger partial charge in [0, 0.05) is 19.5 Å². The third-order valence-electron chi connectivity index (χ3n) is 5.54. The molecule has 0 aliphatic heterocycles. The Kier molecular flexibility index (Phi) is 8.65. The molecule has 0 unspecified atom stereocenters. The Morgan fingerprint density at radius 1 is 0.914 bits per heavy atom. The maximum absolute atomic E-state index is 12.7. The van der Waals surface area contributed by atoms with Gasteiger partial charge in [-0.15, -0.1) is 0 Å². The minimum absolute atomic E-state index is 0.108. The van der Waals surface area contributed by atoms with Crippen LogP contribution in [0, 0.1) is 13.8 Å². The van der Waals surface area contributed by atoms with Crippen LogP contribution in [0.2, 0.25) is 0 Å². The van der Waals surface area contributed by atoms with Gasteiger partial charge in [0.1, 0.15) is 0 Å². The second kappa shape index (κ2) is 11.7. The largest absolute Gasteiger partial charge is 0.348 e. The number of nitrogens with one attached hydrogen (secondary N) is 2. The third-order valence-corrected chi connectivity index (χ3v) is 6.72. The highest BCUT2D eigenvalue weighted by atomic mass is 32.2. The van der Waals surface area contributed by atoms with E-state index < -0.39 is 10.0 Å². The molecule has 3 aromatic rings. The molecule has 0 aliphatic rings. The van der Waals surface area contributed by atoms with Gasteiger partial charge in [-0.2, -0.15) is 0 Å². The lowest BCUT2D eigenvalue weighted by Crippen LogP contribution is -2.32. The van der Waals surface area contributed by atoms with E-state index in [2.05, 4.69) is 10.6 Å². The first-order valence-corrected chi connectivity index (χ1v) is 13.3. The monoisotopic (exact) mass is 493 g/mol. The van der Waals surface area contributed by atoms with Gasteiger partial charge in [-0.05, 0) is 55.2 Å². The number of para-hydroxylation sites is 1. The first kappa shape index (κ1) is 26.0. The highest BCUT2D eigenvalue weighted by molar-refractivity contribution is 7.92. The second-order valence-electron chi connectivity index (χ2n) is 8.49. The van der Waals surface area contributed by atoms with Gasteiger partial charge in [0.25, 0.3) is 5.91 Å². The fraction of sp³-hybridized carbons (Fsp3) is 0.259. The topological polar surface area (TPSA) is 95.6 Å². The Hall–Kier alpha value is -3.65. The van der Waals surface area contributed by atoms with Crippen molar-refractivity contribution in [2.24, 2.45) is 0 Å². The van der Waals surface area contributed by atoms with Crippen molar-refractivity contribution in [1.82, 2.24) is 5.32 Å². The molecule has 0 aliphatic carbocycles. The van der Waals surface area contributed by atoms with Crippen molar-refractivity contribution in [2.75, 3.05) is 22.4 Å². The molecule has 184 valence electrons. The van der Waals surface area contributed by atoms with Crippen LogP contribution in [0.15, 0.2) is 72.8 Å². The van der Waals surface area contributed by atoms with Crippen molar-refractivity contribution in [1.29, 1.82) is 0 Å². The van der Waals surface area contributed by atoms with Crippen LogP contribution in [-0.2, 0) is 21.4 Å². The summed E-state index contributed by atoms with van der Waals surface area (Å²) in [4.78, 5) is 25.4. The number of carbonyl (C=O) groups is 2. The lowest BCUT2D eigenvalue weighted by atomic mass is 10.1. The number of aryl methyl sites for hydroxylation is 2. The maximum atomic E-state index is 12.7. The van der Waals surface area contributed by atoms with Crippen molar-refractivity contribution in [3.8, 4) is 0 Å². The normalized spacial score (nSPS) is 11.1. The first-order valence-electron chi connectivity index (χ1n) is 11.4. The quantitative estimate of drug-likeness (QED) is 0.437. The fourth-order valence-corrected chi connectivity index (χ4v) is 4.73. The number of rotatable bonds is 10. The standard InChI is InChI=1S/C27H31N3O4S/c1-20-15-16-21(2)25(18-20)30(35(3,33)34)17-9-14-26(31)29-24-13-8-7-12-23(24)27(32)28-19-22-10-5-4-6-11-22/h4-8,10-13,15-16,18H,9,14,17,19H2,1-3H3,(H,28,32)(H,29,31). The Bertz CT molecular complexity index is 1290. The van der Waals surface area contributed by atoms with Crippen molar-refractivity contribution in [3.63, 3.8) is 0 Å². The van der Waals surface area contributed by atoms with E-state index in [9.17, 15) is 18.0 Å². The highest BCUT2D eigenvalue weighted by Gasteiger charge is 2.20. The van der Waals surface area contributed by atoms with E-state index >= 15 is 0 Å². The summed E-state index contributed by atoms with van der Waals surface area (Å²) in [5.41, 5.74) is 4.18. The zero-order chi connectivity index (χ0) is 25.4. The summed E-state index contributed by atoms with van der Waals surface area (Å²) in [6.45, 7) is 4.32. The molecule has 2 N–H and O–H groups in total. The number of carbonyl (C=O) groups excluding carboxylic acids is 2. The minimum atomic E-state index is -3.51. The lowest BCUT2D eigenvalue weighted by Gasteiger charge is -2.24. The molecule has 3 aromatic carbocycles. The molecule has 0 aromatic heterocycles. The van der Waals surface area contributed by atoms with Crippen LogP contribution < -0.4 is 14.9 Å². The molecular weight excluding hydrogens is 462 g/mol. The number of nitrogens with zero attached hydrogens (tertiary/aromatic N) is 1. The molecule has 2 amide bonds. The molecule has 7 nitrogen and oxygen atoms in total. The summed E-state index contributed by atoms with van der Waals surface area (Å²) in [5, 5.41) is 5.66. The molecular formula is C27H31N3O4S. The number of sulfonamides is 1. The van der Waals surface area contributed by atoms with Crippen LogP contribution in [0.25, 0.3) is 0 Å². The summed E-state index contributed by atoms with van der Waals surface area (Å²) in [6.07, 6.45) is 1.60. The smallest absolute Gasteiger partial charge is 0.253 e. The van der Waals surface area contributed by atoms with E-state index in [0.717, 1.165) is 16.7 Å². The Balaban J connectivity index is 1.61. The zero-order valence-electron chi connectivity index (χ0n) is 20.2. The average molecular weight is 494 g/mol. The van der Waals surface area contributed by atoms with E-state index in [0.29, 0.717) is 29.9 Å². The van der Waals surface area contributed by atoms with Crippen LogP contribution in [-0.4, -0.2) is 33.0 Å². The van der Waals surface area contributed by atoms with Crippen LogP contribution in [0.3, 0.4) is 0 Å². The average Bonchev–Trinajstić information content (AvgIpc) is 2.82. The number of anilines is 2. The van der Waals surface area contributed by atoms with E-state index in [1.165, 1.54) is 10.6 Å². The molecule has 0 heterocycles. The van der Waals surface area contributed by atoms with Gasteiger partial charge in [0.05, 0.1) is 23.2 Å². The predicted molar refractivity (Wildman–Crippen MR) is 140 cm³/mol. The summed E-state index contributed by atoms with van der Waals surface area (Å²) < 4.78 is 26.2. The zero-order valence-corrected chi connectivity index (χ0v) is 21.1. The van der Waals surface area contributed by atoms with Crippen molar-refractivity contribution < 1.29 is 18.0 Å². The van der Waals surface area contributed by atoms with E-state index in [-0.39, 0.29) is 24.8 Å². The molecule has 0 saturated heterocycles. The summed E-state index contributed by atoms with van der Waals surface area (Å²) in [6, 6.07) is 22.0. The maximum Gasteiger partial charge on any atom is 0.253 e. The van der Waals surface area contributed by atoms with Gasteiger partial charge >= 0.3 is 0 Å². The van der Waals surface area contributed by atoms with Gasteiger partial charge in [-0.25, -0.2) is 8.42 Å². The Morgan fingerprint density at radius 3 is 2.31 bits per heavy atom. The van der Waals surface area contributed by atoms with Gasteiger partial charge in [-0.3, -0.25) is 13.9 Å². The summed E-state index contributed by atoms with van der Waals surface area (Å²) >= 11 is 0. The lowest BCUT2D eigenvalue weighted by molar-refractivity contribution is -0.116. The van der Waals surface area contributed by atoms with Crippen LogP contribution in [0.5, 0.6) is 0 Å².